The summed E-state index contributed by atoms with van der Waals surface area (Å²) in [5.41, 5.74) is 5.81. The average Bonchev–Trinajstić information content (AvgIpc) is 2.35. The van der Waals surface area contributed by atoms with Crippen molar-refractivity contribution < 1.29 is 13.5 Å². The molecular formula is C12H17N3O3S. The fourth-order valence-corrected chi connectivity index (χ4v) is 3.03. The van der Waals surface area contributed by atoms with Crippen LogP contribution in [0.1, 0.15) is 19.4 Å². The molecular weight excluding hydrogens is 266 g/mol. The molecule has 1 atom stereocenters. The number of anilines is 1. The highest BCUT2D eigenvalue weighted by atomic mass is 32.2. The summed E-state index contributed by atoms with van der Waals surface area (Å²) >= 11 is 0. The molecule has 0 aliphatic heterocycles. The second-order valence-corrected chi connectivity index (χ2v) is 6.20. The molecule has 0 aromatic heterocycles. The largest absolute Gasteiger partial charge is 0.399 e. The summed E-state index contributed by atoms with van der Waals surface area (Å²) < 4.78 is 26.7. The molecule has 0 saturated carbocycles. The zero-order chi connectivity index (χ0) is 14.6. The van der Waals surface area contributed by atoms with Crippen LogP contribution in [0.5, 0.6) is 0 Å². The first-order valence-corrected chi connectivity index (χ1v) is 7.23. The normalized spacial score (nSPS) is 13.2. The number of benzene rings is 1. The number of aliphatic hydroxyl groups excluding tert-OH is 1. The summed E-state index contributed by atoms with van der Waals surface area (Å²) in [5.74, 6) is -0.0703. The maximum atomic E-state index is 12.2. The maximum Gasteiger partial charge on any atom is 0.242 e. The number of aliphatic hydroxyl groups is 1. The van der Waals surface area contributed by atoms with E-state index >= 15 is 0 Å². The van der Waals surface area contributed by atoms with Gasteiger partial charge in [0.05, 0.1) is 17.1 Å². The molecule has 1 aromatic carbocycles. The van der Waals surface area contributed by atoms with E-state index in [0.717, 1.165) is 0 Å². The molecule has 6 nitrogen and oxygen atoms in total. The van der Waals surface area contributed by atoms with Crippen molar-refractivity contribution >= 4 is 15.7 Å². The minimum atomic E-state index is -3.86. The van der Waals surface area contributed by atoms with Gasteiger partial charge in [-0.2, -0.15) is 5.26 Å². The van der Waals surface area contributed by atoms with E-state index < -0.39 is 16.1 Å². The molecule has 104 valence electrons. The average molecular weight is 283 g/mol. The zero-order valence-electron chi connectivity index (χ0n) is 10.8. The number of rotatable bonds is 5. The summed E-state index contributed by atoms with van der Waals surface area (Å²) in [6.45, 7) is 3.27. The van der Waals surface area contributed by atoms with Crippen molar-refractivity contribution in [2.45, 2.75) is 24.8 Å². The van der Waals surface area contributed by atoms with Gasteiger partial charge < -0.3 is 10.8 Å². The number of sulfonamides is 1. The van der Waals surface area contributed by atoms with Crippen LogP contribution >= 0.6 is 0 Å². The molecule has 0 fully saturated rings. The van der Waals surface area contributed by atoms with Crippen molar-refractivity contribution in [2.75, 3.05) is 12.3 Å². The molecule has 0 aliphatic carbocycles. The number of nitrogens with one attached hydrogen (secondary N) is 1. The summed E-state index contributed by atoms with van der Waals surface area (Å²) in [4.78, 5) is -0.136. The van der Waals surface area contributed by atoms with E-state index in [2.05, 4.69) is 4.72 Å². The van der Waals surface area contributed by atoms with Crippen molar-refractivity contribution in [3.8, 4) is 6.07 Å². The lowest BCUT2D eigenvalue weighted by Gasteiger charge is -2.20. The first-order valence-electron chi connectivity index (χ1n) is 5.74. The fourth-order valence-electron chi connectivity index (χ4n) is 1.52. The third-order valence-corrected chi connectivity index (χ3v) is 4.27. The highest BCUT2D eigenvalue weighted by molar-refractivity contribution is 7.89. The van der Waals surface area contributed by atoms with Crippen molar-refractivity contribution in [1.82, 2.24) is 4.72 Å². The Kier molecular flexibility index (Phi) is 4.89. The SMILES string of the molecule is CC(C)[C@@H](CO)NS(=O)(=O)c1ccc(N)cc1C#N. The molecule has 0 radical (unpaired) electrons. The van der Waals surface area contributed by atoms with Crippen LogP contribution in [0.4, 0.5) is 5.69 Å². The Hall–Kier alpha value is -1.62. The molecule has 0 unspecified atom stereocenters. The van der Waals surface area contributed by atoms with Crippen LogP contribution in [-0.4, -0.2) is 26.2 Å². The summed E-state index contributed by atoms with van der Waals surface area (Å²) in [6, 6.07) is 5.20. The highest BCUT2D eigenvalue weighted by Crippen LogP contribution is 2.19. The van der Waals surface area contributed by atoms with E-state index in [1.807, 2.05) is 0 Å². The van der Waals surface area contributed by atoms with Crippen molar-refractivity contribution in [3.05, 3.63) is 23.8 Å². The zero-order valence-corrected chi connectivity index (χ0v) is 11.6. The Morgan fingerprint density at radius 1 is 1.47 bits per heavy atom. The minimum absolute atomic E-state index is 0.0204. The van der Waals surface area contributed by atoms with E-state index in [9.17, 15) is 8.42 Å². The standard InChI is InChI=1S/C12H17N3O3S/c1-8(2)11(7-16)15-19(17,18)12-4-3-10(14)5-9(12)6-13/h3-5,8,11,15-16H,7,14H2,1-2H3/t11-/m1/s1. The first kappa shape index (κ1) is 15.4. The van der Waals surface area contributed by atoms with Crippen LogP contribution in [0.25, 0.3) is 0 Å². The van der Waals surface area contributed by atoms with Crippen LogP contribution in [0.15, 0.2) is 23.1 Å². The van der Waals surface area contributed by atoms with E-state index in [1.54, 1.807) is 19.9 Å². The van der Waals surface area contributed by atoms with Gasteiger partial charge in [0.25, 0.3) is 0 Å². The smallest absolute Gasteiger partial charge is 0.242 e. The number of nitriles is 1. The molecule has 0 heterocycles. The van der Waals surface area contributed by atoms with Crippen molar-refractivity contribution in [2.24, 2.45) is 5.92 Å². The molecule has 0 aliphatic rings. The van der Waals surface area contributed by atoms with Gasteiger partial charge in [0.2, 0.25) is 10.0 Å². The van der Waals surface area contributed by atoms with Gasteiger partial charge in [-0.05, 0) is 24.1 Å². The topological polar surface area (TPSA) is 116 Å². The van der Waals surface area contributed by atoms with Gasteiger partial charge in [-0.3, -0.25) is 0 Å². The molecule has 19 heavy (non-hydrogen) atoms. The van der Waals surface area contributed by atoms with Gasteiger partial charge in [0, 0.05) is 11.7 Å². The number of nitrogens with zero attached hydrogens (tertiary/aromatic N) is 1. The van der Waals surface area contributed by atoms with Crippen LogP contribution in [0.2, 0.25) is 0 Å². The quantitative estimate of drug-likeness (QED) is 0.678. The lowest BCUT2D eigenvalue weighted by atomic mass is 10.1. The predicted octanol–water partition coefficient (Wildman–Crippen LogP) is 0.436. The van der Waals surface area contributed by atoms with Gasteiger partial charge >= 0.3 is 0 Å². The predicted molar refractivity (Wildman–Crippen MR) is 71.6 cm³/mol. The Labute approximate surface area is 112 Å². The second-order valence-electron chi connectivity index (χ2n) is 4.52. The number of hydrogen-bond donors (Lipinski definition) is 3. The fraction of sp³-hybridized carbons (Fsp3) is 0.417. The van der Waals surface area contributed by atoms with E-state index in [-0.39, 0.29) is 23.0 Å². The van der Waals surface area contributed by atoms with Gasteiger partial charge in [0.15, 0.2) is 0 Å². The lowest BCUT2D eigenvalue weighted by molar-refractivity contribution is 0.227. The molecule has 4 N–H and O–H groups in total. The summed E-state index contributed by atoms with van der Waals surface area (Å²) in [6.07, 6.45) is 0. The molecule has 1 rings (SSSR count). The highest BCUT2D eigenvalue weighted by Gasteiger charge is 2.24. The Morgan fingerprint density at radius 2 is 2.11 bits per heavy atom. The Morgan fingerprint density at radius 3 is 2.58 bits per heavy atom. The summed E-state index contributed by atoms with van der Waals surface area (Å²) in [7, 11) is -3.86. The third kappa shape index (κ3) is 3.67. The number of nitrogen functional groups attached to an aromatic ring is 1. The molecule has 0 bridgehead atoms. The van der Waals surface area contributed by atoms with Gasteiger partial charge in [-0.1, -0.05) is 13.8 Å². The lowest BCUT2D eigenvalue weighted by Crippen LogP contribution is -2.41. The van der Waals surface area contributed by atoms with Crippen LogP contribution < -0.4 is 10.5 Å². The maximum absolute atomic E-state index is 12.2. The first-order chi connectivity index (χ1) is 8.81. The van der Waals surface area contributed by atoms with E-state index in [0.29, 0.717) is 5.69 Å². The van der Waals surface area contributed by atoms with E-state index in [1.165, 1.54) is 18.2 Å². The van der Waals surface area contributed by atoms with Gasteiger partial charge in [-0.25, -0.2) is 13.1 Å². The Balaban J connectivity index is 3.18. The number of nitrogens with two attached hydrogens (primary N) is 1. The van der Waals surface area contributed by atoms with E-state index in [4.69, 9.17) is 16.1 Å². The number of hydrogen-bond acceptors (Lipinski definition) is 5. The van der Waals surface area contributed by atoms with Crippen molar-refractivity contribution in [3.63, 3.8) is 0 Å². The molecule has 0 saturated heterocycles. The second kappa shape index (κ2) is 6.02. The van der Waals surface area contributed by atoms with Crippen LogP contribution in [0.3, 0.4) is 0 Å². The molecule has 7 heteroatoms. The van der Waals surface area contributed by atoms with Gasteiger partial charge in [0.1, 0.15) is 6.07 Å². The van der Waals surface area contributed by atoms with Crippen LogP contribution in [-0.2, 0) is 10.0 Å². The summed E-state index contributed by atoms with van der Waals surface area (Å²) in [5, 5.41) is 18.1. The minimum Gasteiger partial charge on any atom is -0.399 e. The Bertz CT molecular complexity index is 591. The molecule has 0 amide bonds. The molecule has 1 aromatic rings. The van der Waals surface area contributed by atoms with Gasteiger partial charge in [-0.15, -0.1) is 0 Å². The van der Waals surface area contributed by atoms with Crippen LogP contribution in [0, 0.1) is 17.2 Å². The van der Waals surface area contributed by atoms with Crippen molar-refractivity contribution in [1.29, 1.82) is 5.26 Å². The molecule has 0 spiro atoms. The third-order valence-electron chi connectivity index (χ3n) is 2.72. The monoisotopic (exact) mass is 283 g/mol.